The highest BCUT2D eigenvalue weighted by atomic mass is 15.0. The minimum absolute atomic E-state index is 0.829. The molecule has 1 aliphatic carbocycles. The lowest BCUT2D eigenvalue weighted by Crippen LogP contribution is -2.29. The molecule has 1 heterocycles. The number of nitrogens with zero attached hydrogens (tertiary/aromatic N) is 1. The second-order valence-electron chi connectivity index (χ2n) is 4.40. The van der Waals surface area contributed by atoms with E-state index in [1.165, 1.54) is 25.0 Å². The van der Waals surface area contributed by atoms with Crippen molar-refractivity contribution >= 4 is 0 Å². The summed E-state index contributed by atoms with van der Waals surface area (Å²) < 4.78 is 0. The van der Waals surface area contributed by atoms with Crippen molar-refractivity contribution in [3.63, 3.8) is 0 Å². The number of pyridine rings is 1. The summed E-state index contributed by atoms with van der Waals surface area (Å²) in [5.74, 6) is 0. The van der Waals surface area contributed by atoms with E-state index in [4.69, 9.17) is 0 Å². The van der Waals surface area contributed by atoms with Gasteiger partial charge in [-0.1, -0.05) is 6.07 Å². The van der Waals surface area contributed by atoms with Crippen LogP contribution in [0.15, 0.2) is 24.4 Å². The zero-order valence-electron chi connectivity index (χ0n) is 9.78. The highest BCUT2D eigenvalue weighted by molar-refractivity contribution is 5.03. The summed E-state index contributed by atoms with van der Waals surface area (Å²) in [6.07, 6.45) is 6.85. The van der Waals surface area contributed by atoms with Crippen LogP contribution in [0.4, 0.5) is 0 Å². The molecule has 0 atom stereocenters. The number of hydrogen-bond donors (Lipinski definition) is 2. The molecule has 0 spiro atoms. The van der Waals surface area contributed by atoms with Gasteiger partial charge >= 0.3 is 0 Å². The Hall–Kier alpha value is -0.930. The van der Waals surface area contributed by atoms with Gasteiger partial charge in [0.25, 0.3) is 0 Å². The SMILES string of the molecule is c1ccc(CCCNCCNC2CC2)nc1. The van der Waals surface area contributed by atoms with Gasteiger partial charge in [0.15, 0.2) is 0 Å². The maximum absolute atomic E-state index is 4.30. The standard InChI is InChI=1S/C13H21N3/c1-2-9-15-12(4-1)5-3-8-14-10-11-16-13-6-7-13/h1-2,4,9,13-14,16H,3,5-8,10-11H2. The molecule has 1 aliphatic rings. The average Bonchev–Trinajstić information content (AvgIpc) is 3.13. The van der Waals surface area contributed by atoms with Gasteiger partial charge in [0.05, 0.1) is 0 Å². The third kappa shape index (κ3) is 4.73. The third-order valence-electron chi connectivity index (χ3n) is 2.82. The summed E-state index contributed by atoms with van der Waals surface area (Å²) in [5, 5.41) is 6.94. The topological polar surface area (TPSA) is 37.0 Å². The van der Waals surface area contributed by atoms with Gasteiger partial charge in [0.2, 0.25) is 0 Å². The van der Waals surface area contributed by atoms with Crippen LogP contribution in [0.2, 0.25) is 0 Å². The van der Waals surface area contributed by atoms with E-state index in [0.717, 1.165) is 32.1 Å². The molecule has 0 aromatic carbocycles. The van der Waals surface area contributed by atoms with Gasteiger partial charge in [-0.25, -0.2) is 0 Å². The van der Waals surface area contributed by atoms with Crippen LogP contribution in [0.25, 0.3) is 0 Å². The Morgan fingerprint density at radius 1 is 1.19 bits per heavy atom. The molecule has 2 N–H and O–H groups in total. The van der Waals surface area contributed by atoms with Crippen LogP contribution in [0.1, 0.15) is 25.0 Å². The molecule has 3 nitrogen and oxygen atoms in total. The predicted octanol–water partition coefficient (Wildman–Crippen LogP) is 1.36. The van der Waals surface area contributed by atoms with Crippen molar-refractivity contribution in [2.45, 2.75) is 31.7 Å². The van der Waals surface area contributed by atoms with Crippen molar-refractivity contribution in [1.82, 2.24) is 15.6 Å². The Labute approximate surface area is 97.7 Å². The Balaban J connectivity index is 1.42. The van der Waals surface area contributed by atoms with Crippen LogP contribution < -0.4 is 10.6 Å². The monoisotopic (exact) mass is 219 g/mol. The van der Waals surface area contributed by atoms with Crippen molar-refractivity contribution in [1.29, 1.82) is 0 Å². The molecular formula is C13H21N3. The fourth-order valence-electron chi connectivity index (χ4n) is 1.72. The van der Waals surface area contributed by atoms with Crippen molar-refractivity contribution < 1.29 is 0 Å². The Morgan fingerprint density at radius 2 is 2.12 bits per heavy atom. The van der Waals surface area contributed by atoms with Gasteiger partial charge in [0.1, 0.15) is 0 Å². The van der Waals surface area contributed by atoms with Crippen LogP contribution >= 0.6 is 0 Å². The molecule has 16 heavy (non-hydrogen) atoms. The minimum Gasteiger partial charge on any atom is -0.315 e. The fraction of sp³-hybridized carbons (Fsp3) is 0.615. The number of rotatable bonds is 8. The molecule has 1 aromatic heterocycles. The van der Waals surface area contributed by atoms with Crippen molar-refractivity contribution in [2.24, 2.45) is 0 Å². The lowest BCUT2D eigenvalue weighted by molar-refractivity contribution is 0.593. The average molecular weight is 219 g/mol. The molecule has 3 heteroatoms. The lowest BCUT2D eigenvalue weighted by Gasteiger charge is -2.05. The summed E-state index contributed by atoms with van der Waals surface area (Å²) in [6.45, 7) is 3.27. The minimum atomic E-state index is 0.829. The summed E-state index contributed by atoms with van der Waals surface area (Å²) in [5.41, 5.74) is 1.19. The molecule has 0 unspecified atom stereocenters. The van der Waals surface area contributed by atoms with E-state index in [2.05, 4.69) is 27.8 Å². The summed E-state index contributed by atoms with van der Waals surface area (Å²) in [7, 11) is 0. The molecular weight excluding hydrogens is 198 g/mol. The maximum atomic E-state index is 4.30. The zero-order valence-corrected chi connectivity index (χ0v) is 9.78. The van der Waals surface area contributed by atoms with E-state index in [1.54, 1.807) is 0 Å². The van der Waals surface area contributed by atoms with Crippen LogP contribution in [-0.4, -0.2) is 30.7 Å². The molecule has 1 aromatic rings. The first-order valence-corrected chi connectivity index (χ1v) is 6.29. The quantitative estimate of drug-likeness (QED) is 0.648. The molecule has 0 saturated heterocycles. The van der Waals surface area contributed by atoms with Gasteiger partial charge < -0.3 is 10.6 Å². The zero-order chi connectivity index (χ0) is 11.1. The predicted molar refractivity (Wildman–Crippen MR) is 66.5 cm³/mol. The first-order chi connectivity index (χ1) is 7.95. The van der Waals surface area contributed by atoms with Gasteiger partial charge in [-0.15, -0.1) is 0 Å². The van der Waals surface area contributed by atoms with Crippen molar-refractivity contribution in [3.05, 3.63) is 30.1 Å². The molecule has 0 amide bonds. The second kappa shape index (κ2) is 6.61. The Morgan fingerprint density at radius 3 is 2.88 bits per heavy atom. The van der Waals surface area contributed by atoms with Gasteiger partial charge in [0, 0.05) is 31.0 Å². The Bertz CT molecular complexity index is 282. The van der Waals surface area contributed by atoms with Crippen LogP contribution in [0, 0.1) is 0 Å². The van der Waals surface area contributed by atoms with Gasteiger partial charge in [-0.05, 0) is 44.4 Å². The molecule has 1 fully saturated rings. The molecule has 0 radical (unpaired) electrons. The van der Waals surface area contributed by atoms with Crippen LogP contribution in [0.3, 0.4) is 0 Å². The van der Waals surface area contributed by atoms with E-state index < -0.39 is 0 Å². The Kier molecular flexibility index (Phi) is 4.77. The van der Waals surface area contributed by atoms with E-state index in [9.17, 15) is 0 Å². The number of nitrogens with one attached hydrogen (secondary N) is 2. The third-order valence-corrected chi connectivity index (χ3v) is 2.82. The fourth-order valence-corrected chi connectivity index (χ4v) is 1.72. The molecule has 1 saturated carbocycles. The van der Waals surface area contributed by atoms with Gasteiger partial charge in [-0.2, -0.15) is 0 Å². The van der Waals surface area contributed by atoms with Gasteiger partial charge in [-0.3, -0.25) is 4.98 Å². The lowest BCUT2D eigenvalue weighted by atomic mass is 10.2. The van der Waals surface area contributed by atoms with E-state index in [-0.39, 0.29) is 0 Å². The largest absolute Gasteiger partial charge is 0.315 e. The van der Waals surface area contributed by atoms with E-state index in [0.29, 0.717) is 0 Å². The molecule has 0 bridgehead atoms. The number of hydrogen-bond acceptors (Lipinski definition) is 3. The molecule has 88 valence electrons. The maximum Gasteiger partial charge on any atom is 0.0404 e. The van der Waals surface area contributed by atoms with E-state index >= 15 is 0 Å². The van der Waals surface area contributed by atoms with Crippen molar-refractivity contribution in [3.8, 4) is 0 Å². The highest BCUT2D eigenvalue weighted by Gasteiger charge is 2.19. The van der Waals surface area contributed by atoms with Crippen LogP contribution in [0.5, 0.6) is 0 Å². The normalized spacial score (nSPS) is 15.2. The molecule has 2 rings (SSSR count). The van der Waals surface area contributed by atoms with Crippen LogP contribution in [-0.2, 0) is 6.42 Å². The van der Waals surface area contributed by atoms with Crippen molar-refractivity contribution in [2.75, 3.05) is 19.6 Å². The summed E-state index contributed by atoms with van der Waals surface area (Å²) in [6, 6.07) is 6.94. The summed E-state index contributed by atoms with van der Waals surface area (Å²) >= 11 is 0. The smallest absolute Gasteiger partial charge is 0.0404 e. The number of aromatic nitrogens is 1. The highest BCUT2D eigenvalue weighted by Crippen LogP contribution is 2.17. The van der Waals surface area contributed by atoms with E-state index in [1.807, 2.05) is 12.3 Å². The number of aryl methyl sites for hydroxylation is 1. The molecule has 0 aliphatic heterocycles. The second-order valence-corrected chi connectivity index (χ2v) is 4.40. The first kappa shape index (κ1) is 11.6. The first-order valence-electron chi connectivity index (χ1n) is 6.29. The summed E-state index contributed by atoms with van der Waals surface area (Å²) in [4.78, 5) is 4.30.